The minimum Gasteiger partial charge on any atom is -0.493 e. The van der Waals surface area contributed by atoms with Crippen LogP contribution in [0.5, 0.6) is 17.2 Å². The number of carbonyl (C=O) groups is 1. The molecule has 0 aliphatic carbocycles. The van der Waals surface area contributed by atoms with Crippen LogP contribution in [0.1, 0.15) is 6.92 Å². The standard InChI is InChI=1S/C24H20Cl2N2O5/c1-13(32-19-8-5-15(25)11-17(19)26)23(29)27-16-6-9-20-18(12-16)28-24(33-20)14-4-7-21(30-2)22(10-14)31-3/h4-13H,1-3H3,(H,27,29)/t13-/m0/s1. The number of fused-ring (bicyclic) bond motifs is 1. The summed E-state index contributed by atoms with van der Waals surface area (Å²) in [5.74, 6) is 1.63. The van der Waals surface area contributed by atoms with Crippen molar-refractivity contribution in [3.05, 3.63) is 64.6 Å². The smallest absolute Gasteiger partial charge is 0.265 e. The van der Waals surface area contributed by atoms with E-state index in [1.807, 2.05) is 6.07 Å². The largest absolute Gasteiger partial charge is 0.493 e. The summed E-state index contributed by atoms with van der Waals surface area (Å²) < 4.78 is 22.1. The van der Waals surface area contributed by atoms with Gasteiger partial charge in [-0.2, -0.15) is 0 Å². The van der Waals surface area contributed by atoms with E-state index in [1.165, 1.54) is 0 Å². The molecule has 1 amide bonds. The van der Waals surface area contributed by atoms with Crippen LogP contribution in [0.4, 0.5) is 5.69 Å². The number of hydrogen-bond acceptors (Lipinski definition) is 6. The van der Waals surface area contributed by atoms with E-state index in [2.05, 4.69) is 10.3 Å². The summed E-state index contributed by atoms with van der Waals surface area (Å²) in [6.45, 7) is 1.63. The molecule has 0 spiro atoms. The van der Waals surface area contributed by atoms with Gasteiger partial charge in [-0.25, -0.2) is 4.98 Å². The second-order valence-electron chi connectivity index (χ2n) is 7.10. The van der Waals surface area contributed by atoms with Gasteiger partial charge in [0.2, 0.25) is 5.89 Å². The van der Waals surface area contributed by atoms with Crippen LogP contribution in [-0.2, 0) is 4.79 Å². The Bertz CT molecular complexity index is 1320. The molecule has 0 unspecified atom stereocenters. The van der Waals surface area contributed by atoms with Crippen LogP contribution in [-0.4, -0.2) is 31.2 Å². The fourth-order valence-electron chi connectivity index (χ4n) is 3.16. The predicted octanol–water partition coefficient (Wildman–Crippen LogP) is 6.22. The van der Waals surface area contributed by atoms with Crippen LogP contribution in [0.2, 0.25) is 10.0 Å². The molecule has 1 aromatic heterocycles. The highest BCUT2D eigenvalue weighted by Crippen LogP contribution is 2.34. The first-order valence-electron chi connectivity index (χ1n) is 9.93. The number of nitrogens with zero attached hydrogens (tertiary/aromatic N) is 1. The summed E-state index contributed by atoms with van der Waals surface area (Å²) in [7, 11) is 3.14. The molecule has 0 saturated carbocycles. The van der Waals surface area contributed by atoms with Gasteiger partial charge in [0.05, 0.1) is 19.2 Å². The van der Waals surface area contributed by atoms with Gasteiger partial charge in [-0.15, -0.1) is 0 Å². The molecule has 0 bridgehead atoms. The van der Waals surface area contributed by atoms with Crippen molar-refractivity contribution < 1.29 is 23.4 Å². The number of ether oxygens (including phenoxy) is 3. The Hall–Kier alpha value is -3.42. The minimum atomic E-state index is -0.793. The lowest BCUT2D eigenvalue weighted by atomic mass is 10.2. The lowest BCUT2D eigenvalue weighted by molar-refractivity contribution is -0.122. The first-order valence-corrected chi connectivity index (χ1v) is 10.7. The number of anilines is 1. The quantitative estimate of drug-likeness (QED) is 0.333. The Morgan fingerprint density at radius 3 is 2.45 bits per heavy atom. The van der Waals surface area contributed by atoms with E-state index in [-0.39, 0.29) is 5.91 Å². The topological polar surface area (TPSA) is 82.8 Å². The molecule has 7 nitrogen and oxygen atoms in total. The van der Waals surface area contributed by atoms with Crippen LogP contribution < -0.4 is 19.5 Å². The van der Waals surface area contributed by atoms with Crippen molar-refractivity contribution in [3.8, 4) is 28.7 Å². The van der Waals surface area contributed by atoms with Gasteiger partial charge < -0.3 is 23.9 Å². The van der Waals surface area contributed by atoms with Crippen molar-refractivity contribution >= 4 is 45.9 Å². The maximum Gasteiger partial charge on any atom is 0.265 e. The highest BCUT2D eigenvalue weighted by molar-refractivity contribution is 6.35. The zero-order valence-electron chi connectivity index (χ0n) is 18.0. The zero-order chi connectivity index (χ0) is 23.5. The molecule has 1 N–H and O–H groups in total. The molecule has 0 aliphatic rings. The van der Waals surface area contributed by atoms with Crippen molar-refractivity contribution in [2.75, 3.05) is 19.5 Å². The minimum absolute atomic E-state index is 0.328. The molecular weight excluding hydrogens is 467 g/mol. The summed E-state index contributed by atoms with van der Waals surface area (Å²) >= 11 is 12.0. The Morgan fingerprint density at radius 1 is 0.970 bits per heavy atom. The van der Waals surface area contributed by atoms with Crippen LogP contribution in [0.15, 0.2) is 59.0 Å². The molecule has 170 valence electrons. The second kappa shape index (κ2) is 9.60. The molecule has 0 fully saturated rings. The molecular formula is C24H20Cl2N2O5. The number of carbonyl (C=O) groups excluding carboxylic acids is 1. The average molecular weight is 487 g/mol. The van der Waals surface area contributed by atoms with Gasteiger partial charge in [0, 0.05) is 16.3 Å². The van der Waals surface area contributed by atoms with Gasteiger partial charge in [0.1, 0.15) is 11.3 Å². The van der Waals surface area contributed by atoms with E-state index in [9.17, 15) is 4.79 Å². The first kappa shape index (κ1) is 22.8. The number of methoxy groups -OCH3 is 2. The van der Waals surface area contributed by atoms with Crippen molar-refractivity contribution in [3.63, 3.8) is 0 Å². The van der Waals surface area contributed by atoms with E-state index in [0.717, 1.165) is 5.56 Å². The Morgan fingerprint density at radius 2 is 1.73 bits per heavy atom. The molecule has 9 heteroatoms. The monoisotopic (exact) mass is 486 g/mol. The summed E-state index contributed by atoms with van der Waals surface area (Å²) in [6, 6.07) is 15.4. The number of nitrogens with one attached hydrogen (secondary N) is 1. The van der Waals surface area contributed by atoms with Gasteiger partial charge in [-0.05, 0) is 61.5 Å². The molecule has 33 heavy (non-hydrogen) atoms. The number of halogens is 2. The summed E-state index contributed by atoms with van der Waals surface area (Å²) in [5, 5.41) is 3.63. The van der Waals surface area contributed by atoms with Crippen molar-refractivity contribution in [2.45, 2.75) is 13.0 Å². The number of rotatable bonds is 7. The third-order valence-corrected chi connectivity index (χ3v) is 5.38. The van der Waals surface area contributed by atoms with Crippen LogP contribution in [0.25, 0.3) is 22.6 Å². The average Bonchev–Trinajstić information content (AvgIpc) is 3.23. The SMILES string of the molecule is COc1ccc(-c2nc3cc(NC(=O)[C@H](C)Oc4ccc(Cl)cc4Cl)ccc3o2)cc1OC. The van der Waals surface area contributed by atoms with Crippen LogP contribution in [0.3, 0.4) is 0 Å². The van der Waals surface area contributed by atoms with Crippen molar-refractivity contribution in [1.29, 1.82) is 0 Å². The summed E-state index contributed by atoms with van der Waals surface area (Å²) in [6.07, 6.45) is -0.793. The maximum atomic E-state index is 12.6. The number of oxazole rings is 1. The highest BCUT2D eigenvalue weighted by atomic mass is 35.5. The number of amides is 1. The molecule has 1 heterocycles. The lowest BCUT2D eigenvalue weighted by Gasteiger charge is -2.15. The van der Waals surface area contributed by atoms with Crippen LogP contribution >= 0.6 is 23.2 Å². The fraction of sp³-hybridized carbons (Fsp3) is 0.167. The Kier molecular flexibility index (Phi) is 6.62. The molecule has 3 aromatic carbocycles. The lowest BCUT2D eigenvalue weighted by Crippen LogP contribution is -2.30. The van der Waals surface area contributed by atoms with Gasteiger partial charge >= 0.3 is 0 Å². The Labute approximate surface area is 200 Å². The summed E-state index contributed by atoms with van der Waals surface area (Å²) in [5.41, 5.74) is 2.45. The fourth-order valence-corrected chi connectivity index (χ4v) is 3.61. The molecule has 4 aromatic rings. The summed E-state index contributed by atoms with van der Waals surface area (Å²) in [4.78, 5) is 17.2. The molecule has 0 radical (unpaired) electrons. The van der Waals surface area contributed by atoms with E-state index < -0.39 is 6.10 Å². The Balaban J connectivity index is 1.51. The van der Waals surface area contributed by atoms with Crippen molar-refractivity contribution in [1.82, 2.24) is 4.98 Å². The van der Waals surface area contributed by atoms with E-state index in [4.69, 9.17) is 41.8 Å². The predicted molar refractivity (Wildman–Crippen MR) is 128 cm³/mol. The van der Waals surface area contributed by atoms with Gasteiger partial charge in [0.25, 0.3) is 5.91 Å². The van der Waals surface area contributed by atoms with E-state index in [0.29, 0.717) is 50.0 Å². The molecule has 4 rings (SSSR count). The number of hydrogen-bond donors (Lipinski definition) is 1. The second-order valence-corrected chi connectivity index (χ2v) is 7.94. The maximum absolute atomic E-state index is 12.6. The van der Waals surface area contributed by atoms with Gasteiger partial charge in [-0.3, -0.25) is 4.79 Å². The normalized spacial score (nSPS) is 11.8. The van der Waals surface area contributed by atoms with Gasteiger partial charge in [-0.1, -0.05) is 23.2 Å². The highest BCUT2D eigenvalue weighted by Gasteiger charge is 2.18. The first-order chi connectivity index (χ1) is 15.9. The van der Waals surface area contributed by atoms with E-state index in [1.54, 1.807) is 69.7 Å². The number of aromatic nitrogens is 1. The molecule has 0 aliphatic heterocycles. The molecule has 0 saturated heterocycles. The van der Waals surface area contributed by atoms with Crippen molar-refractivity contribution in [2.24, 2.45) is 0 Å². The zero-order valence-corrected chi connectivity index (χ0v) is 19.5. The third kappa shape index (κ3) is 4.99. The van der Waals surface area contributed by atoms with E-state index >= 15 is 0 Å². The van der Waals surface area contributed by atoms with Gasteiger partial charge in [0.15, 0.2) is 23.2 Å². The number of benzene rings is 3. The molecule has 1 atom stereocenters. The third-order valence-electron chi connectivity index (χ3n) is 4.85. The van der Waals surface area contributed by atoms with Crippen LogP contribution in [0, 0.1) is 0 Å².